The normalized spacial score (nSPS) is 15.9. The molecule has 2 atom stereocenters. The van der Waals surface area contributed by atoms with Crippen molar-refractivity contribution in [3.8, 4) is 0 Å². The Morgan fingerprint density at radius 3 is 1.88 bits per heavy atom. The van der Waals surface area contributed by atoms with Crippen molar-refractivity contribution in [2.45, 2.75) is 37.0 Å². The Labute approximate surface area is 109 Å². The Hall–Kier alpha value is -0.540. The highest BCUT2D eigenvalue weighted by molar-refractivity contribution is 7.90. The van der Waals surface area contributed by atoms with E-state index in [1.807, 2.05) is 12.1 Å². The van der Waals surface area contributed by atoms with Gasteiger partial charge in [-0.05, 0) is 29.5 Å². The van der Waals surface area contributed by atoms with Crippen LogP contribution in [0.1, 0.15) is 32.3 Å². The summed E-state index contributed by atoms with van der Waals surface area (Å²) in [6, 6.07) is 6.98. The van der Waals surface area contributed by atoms with Crippen molar-refractivity contribution in [1.29, 1.82) is 0 Å². The SMILES string of the molecule is CC(C)C(Cl)C(C)c1ccc(S(C)(=O)=O)cc1. The Kier molecular flexibility index (Phi) is 4.62. The van der Waals surface area contributed by atoms with Gasteiger partial charge in [0.15, 0.2) is 9.84 Å². The lowest BCUT2D eigenvalue weighted by Crippen LogP contribution is -2.16. The summed E-state index contributed by atoms with van der Waals surface area (Å²) in [4.78, 5) is 0.351. The van der Waals surface area contributed by atoms with E-state index in [0.29, 0.717) is 10.8 Å². The van der Waals surface area contributed by atoms with Crippen molar-refractivity contribution in [3.63, 3.8) is 0 Å². The van der Waals surface area contributed by atoms with Crippen LogP contribution in [0.4, 0.5) is 0 Å². The van der Waals surface area contributed by atoms with E-state index in [0.717, 1.165) is 5.56 Å². The van der Waals surface area contributed by atoms with Gasteiger partial charge < -0.3 is 0 Å². The zero-order valence-electron chi connectivity index (χ0n) is 10.6. The number of halogens is 1. The molecule has 0 radical (unpaired) electrons. The molecule has 0 aliphatic rings. The maximum absolute atomic E-state index is 11.3. The average molecular weight is 275 g/mol. The van der Waals surface area contributed by atoms with Crippen LogP contribution in [0.3, 0.4) is 0 Å². The van der Waals surface area contributed by atoms with Crippen molar-refractivity contribution in [1.82, 2.24) is 0 Å². The molecule has 2 nitrogen and oxygen atoms in total. The second-order valence-corrected chi connectivity index (χ2v) is 7.34. The molecule has 4 heteroatoms. The van der Waals surface area contributed by atoms with E-state index in [4.69, 9.17) is 11.6 Å². The third kappa shape index (κ3) is 3.71. The van der Waals surface area contributed by atoms with Gasteiger partial charge in [-0.1, -0.05) is 32.9 Å². The van der Waals surface area contributed by atoms with E-state index in [-0.39, 0.29) is 11.3 Å². The van der Waals surface area contributed by atoms with Gasteiger partial charge in [0, 0.05) is 11.6 Å². The molecular formula is C13H19ClO2S. The lowest BCUT2D eigenvalue weighted by Gasteiger charge is -2.21. The van der Waals surface area contributed by atoms with Crippen LogP contribution in [-0.2, 0) is 9.84 Å². The lowest BCUT2D eigenvalue weighted by molar-refractivity contribution is 0.533. The molecule has 0 aliphatic heterocycles. The molecule has 1 aromatic carbocycles. The summed E-state index contributed by atoms with van der Waals surface area (Å²) >= 11 is 6.31. The Bertz CT molecular complexity index is 463. The number of sulfone groups is 1. The quantitative estimate of drug-likeness (QED) is 0.788. The van der Waals surface area contributed by atoms with Crippen LogP contribution in [0.25, 0.3) is 0 Å². The summed E-state index contributed by atoms with van der Waals surface area (Å²) < 4.78 is 22.7. The molecule has 0 amide bonds. The van der Waals surface area contributed by atoms with E-state index in [1.54, 1.807) is 12.1 Å². The van der Waals surface area contributed by atoms with Crippen LogP contribution in [0.15, 0.2) is 29.2 Å². The second-order valence-electron chi connectivity index (χ2n) is 4.82. The average Bonchev–Trinajstić information content (AvgIpc) is 2.26. The molecule has 1 rings (SSSR count). The van der Waals surface area contributed by atoms with Gasteiger partial charge >= 0.3 is 0 Å². The fourth-order valence-corrected chi connectivity index (χ4v) is 2.56. The number of alkyl halides is 1. The van der Waals surface area contributed by atoms with Crippen molar-refractivity contribution >= 4 is 21.4 Å². The molecule has 0 saturated heterocycles. The monoisotopic (exact) mass is 274 g/mol. The molecule has 0 N–H and O–H groups in total. The molecule has 17 heavy (non-hydrogen) atoms. The first-order valence-corrected chi connectivity index (χ1v) is 8.00. The molecule has 96 valence electrons. The Balaban J connectivity index is 2.96. The number of hydrogen-bond donors (Lipinski definition) is 0. The molecule has 0 aliphatic carbocycles. The molecule has 0 bridgehead atoms. The summed E-state index contributed by atoms with van der Waals surface area (Å²) in [6.07, 6.45) is 1.21. The zero-order chi connectivity index (χ0) is 13.2. The van der Waals surface area contributed by atoms with Crippen LogP contribution >= 0.6 is 11.6 Å². The van der Waals surface area contributed by atoms with Crippen molar-refractivity contribution in [3.05, 3.63) is 29.8 Å². The summed E-state index contributed by atoms with van der Waals surface area (Å²) in [5, 5.41) is 0.0547. The first-order valence-electron chi connectivity index (χ1n) is 5.67. The van der Waals surface area contributed by atoms with Gasteiger partial charge in [0.1, 0.15) is 0 Å². The van der Waals surface area contributed by atoms with Gasteiger partial charge in [0.2, 0.25) is 0 Å². The highest BCUT2D eigenvalue weighted by atomic mass is 35.5. The number of benzene rings is 1. The Morgan fingerprint density at radius 2 is 1.53 bits per heavy atom. The first-order chi connectivity index (χ1) is 7.73. The molecule has 0 spiro atoms. The van der Waals surface area contributed by atoms with E-state index in [1.165, 1.54) is 6.26 Å². The third-order valence-electron chi connectivity index (χ3n) is 2.95. The van der Waals surface area contributed by atoms with Crippen LogP contribution in [-0.4, -0.2) is 20.1 Å². The summed E-state index contributed by atoms with van der Waals surface area (Å²) in [5.41, 5.74) is 1.08. The fraction of sp³-hybridized carbons (Fsp3) is 0.538. The summed E-state index contributed by atoms with van der Waals surface area (Å²) in [7, 11) is -3.11. The van der Waals surface area contributed by atoms with Crippen molar-refractivity contribution in [2.24, 2.45) is 5.92 Å². The zero-order valence-corrected chi connectivity index (χ0v) is 12.2. The van der Waals surface area contributed by atoms with Crippen LogP contribution in [0, 0.1) is 5.92 Å². The fourth-order valence-electron chi connectivity index (χ4n) is 1.78. The molecule has 1 aromatic rings. The molecule has 2 unspecified atom stereocenters. The second kappa shape index (κ2) is 5.40. The highest BCUT2D eigenvalue weighted by Crippen LogP contribution is 2.28. The van der Waals surface area contributed by atoms with Gasteiger partial charge in [-0.3, -0.25) is 0 Å². The van der Waals surface area contributed by atoms with Crippen LogP contribution < -0.4 is 0 Å². The maximum atomic E-state index is 11.3. The molecule has 0 aromatic heterocycles. The van der Waals surface area contributed by atoms with Gasteiger partial charge in [-0.15, -0.1) is 11.6 Å². The standard InChI is InChI=1S/C13H19ClO2S/c1-9(2)13(14)10(3)11-5-7-12(8-6-11)17(4,15)16/h5-10,13H,1-4H3. The van der Waals surface area contributed by atoms with Gasteiger partial charge in [0.25, 0.3) is 0 Å². The van der Waals surface area contributed by atoms with E-state index in [9.17, 15) is 8.42 Å². The van der Waals surface area contributed by atoms with Gasteiger partial charge in [-0.25, -0.2) is 8.42 Å². The first kappa shape index (κ1) is 14.5. The van der Waals surface area contributed by atoms with Gasteiger partial charge in [0.05, 0.1) is 4.90 Å². The summed E-state index contributed by atoms with van der Waals surface area (Å²) in [6.45, 7) is 6.23. The predicted molar refractivity (Wildman–Crippen MR) is 72.4 cm³/mol. The minimum atomic E-state index is -3.11. The maximum Gasteiger partial charge on any atom is 0.175 e. The van der Waals surface area contributed by atoms with Crippen LogP contribution in [0.5, 0.6) is 0 Å². The topological polar surface area (TPSA) is 34.1 Å². The van der Waals surface area contributed by atoms with Gasteiger partial charge in [-0.2, -0.15) is 0 Å². The van der Waals surface area contributed by atoms with E-state index < -0.39 is 9.84 Å². The molecule has 0 saturated carbocycles. The van der Waals surface area contributed by atoms with E-state index in [2.05, 4.69) is 20.8 Å². The minimum absolute atomic E-state index is 0.0547. The summed E-state index contributed by atoms with van der Waals surface area (Å²) in [5.74, 6) is 0.603. The lowest BCUT2D eigenvalue weighted by atomic mass is 9.91. The predicted octanol–water partition coefficient (Wildman–Crippen LogP) is 3.46. The van der Waals surface area contributed by atoms with Crippen molar-refractivity contribution < 1.29 is 8.42 Å². The largest absolute Gasteiger partial charge is 0.224 e. The Morgan fingerprint density at radius 1 is 1.06 bits per heavy atom. The molecular weight excluding hydrogens is 256 g/mol. The molecule has 0 heterocycles. The van der Waals surface area contributed by atoms with E-state index >= 15 is 0 Å². The number of hydrogen-bond acceptors (Lipinski definition) is 2. The van der Waals surface area contributed by atoms with Crippen molar-refractivity contribution in [2.75, 3.05) is 6.26 Å². The van der Waals surface area contributed by atoms with Crippen LogP contribution in [0.2, 0.25) is 0 Å². The highest BCUT2D eigenvalue weighted by Gasteiger charge is 2.20. The smallest absolute Gasteiger partial charge is 0.175 e. The number of rotatable bonds is 4. The minimum Gasteiger partial charge on any atom is -0.224 e. The molecule has 0 fully saturated rings. The third-order valence-corrected chi connectivity index (χ3v) is 4.96.